The second kappa shape index (κ2) is 18.9. The Labute approximate surface area is 364 Å². The van der Waals surface area contributed by atoms with Crippen LogP contribution in [0.5, 0.6) is 0 Å². The average Bonchev–Trinajstić information content (AvgIpc) is 3.34. The van der Waals surface area contributed by atoms with E-state index >= 15 is 35.1 Å². The third-order valence-electron chi connectivity index (χ3n) is 10.4. The summed E-state index contributed by atoms with van der Waals surface area (Å²) in [6, 6.07) is 20.9. The minimum atomic E-state index is -7.22. The van der Waals surface area contributed by atoms with Crippen molar-refractivity contribution in [2.75, 3.05) is 0 Å². The molecule has 5 nitrogen and oxygen atoms in total. The highest BCUT2D eigenvalue weighted by Gasteiger charge is 2.52. The summed E-state index contributed by atoms with van der Waals surface area (Å²) in [5.74, 6) is -71.4. The van der Waals surface area contributed by atoms with Crippen molar-refractivity contribution in [3.8, 4) is 0 Å². The number of rotatable bonds is 9. The highest BCUT2D eigenvalue weighted by molar-refractivity contribution is 7.20. The van der Waals surface area contributed by atoms with Crippen LogP contribution < -0.4 is 26.4 Å². The fourth-order valence-electron chi connectivity index (χ4n) is 7.47. The Morgan fingerprint density at radius 1 is 0.426 bits per heavy atom. The first-order chi connectivity index (χ1) is 32.0. The lowest BCUT2D eigenvalue weighted by molar-refractivity contribution is -0.664. The Kier molecular flexibility index (Phi) is 13.9. The molecule has 0 saturated heterocycles. The summed E-state index contributed by atoms with van der Waals surface area (Å²) in [5, 5.41) is 4.68. The minimum Gasteiger partial charge on any atom is -0.287 e. The number of pyridine rings is 1. The summed E-state index contributed by atoms with van der Waals surface area (Å²) >= 11 is 0. The Morgan fingerprint density at radius 3 is 1.07 bits per heavy atom. The largest absolute Gasteiger partial charge is 0.287 e. The number of hydrogen-bond donors (Lipinski definition) is 0. The highest BCUT2D eigenvalue weighted by Crippen LogP contribution is 2.31. The van der Waals surface area contributed by atoms with Gasteiger partial charge in [-0.15, -0.1) is 21.9 Å². The number of azide groups is 1. The molecule has 1 aromatic heterocycles. The fourth-order valence-corrected chi connectivity index (χ4v) is 7.47. The third-order valence-corrected chi connectivity index (χ3v) is 10.4. The molecule has 0 unspecified atom stereocenters. The van der Waals surface area contributed by atoms with Crippen LogP contribution >= 0.6 is 0 Å². The number of Topliss-reactive ketones (excluding diaryl/α,β-unsaturated/α-hetero) is 1. The Balaban J connectivity index is 0.000000276. The standard InChI is InChI=1S/C24BF20.C18H15N4O/c26-5-1(6(27)14(35)21(42)13(5)34)25(2-7(28)15(36)22(43)16(37)8(2)29,3-9(30)17(38)23(44)18(39)10(3)31)4-11(32)19(40)24(45)20(41)12(4)33;19-21-20-12-16-11-10-14-6-4-5-9-17(14)22(16)13-18(23)15-7-2-1-3-8-15/h;1-11H,12-13H2/q-1;+1. The van der Waals surface area contributed by atoms with Gasteiger partial charge in [0.15, 0.2) is 75.5 Å². The molecule has 0 bridgehead atoms. The summed E-state index contributed by atoms with van der Waals surface area (Å²) in [5.41, 5.74) is -3.33. The van der Waals surface area contributed by atoms with Crippen LogP contribution in [0.4, 0.5) is 87.8 Å². The quantitative estimate of drug-likeness (QED) is 0.0164. The van der Waals surface area contributed by atoms with Crippen molar-refractivity contribution in [3.63, 3.8) is 0 Å². The topological polar surface area (TPSA) is 69.7 Å². The number of ketones is 1. The van der Waals surface area contributed by atoms with Gasteiger partial charge in [-0.1, -0.05) is 47.6 Å². The molecule has 0 amide bonds. The smallest absolute Gasteiger partial charge is 0.227 e. The molecule has 0 radical (unpaired) electrons. The number of benzene rings is 6. The molecule has 0 aliphatic rings. The second-order valence-corrected chi connectivity index (χ2v) is 13.9. The molecule has 26 heteroatoms. The number of halogens is 20. The number of nitrogens with zero attached hydrogens (tertiary/aromatic N) is 4. The first kappa shape index (κ1) is 49.8. The van der Waals surface area contributed by atoms with Crippen molar-refractivity contribution in [1.29, 1.82) is 0 Å². The van der Waals surface area contributed by atoms with E-state index < -0.39 is 144 Å². The maximum absolute atomic E-state index is 15.4. The van der Waals surface area contributed by atoms with Crippen LogP contribution in [0.15, 0.2) is 71.8 Å². The van der Waals surface area contributed by atoms with Crippen molar-refractivity contribution in [2.45, 2.75) is 13.1 Å². The van der Waals surface area contributed by atoms with Crippen molar-refractivity contribution in [3.05, 3.63) is 205 Å². The van der Waals surface area contributed by atoms with Crippen LogP contribution in [0.25, 0.3) is 21.3 Å². The van der Waals surface area contributed by atoms with Crippen LogP contribution in [0.3, 0.4) is 0 Å². The molecule has 352 valence electrons. The van der Waals surface area contributed by atoms with Crippen molar-refractivity contribution in [2.24, 2.45) is 5.11 Å². The van der Waals surface area contributed by atoms with E-state index in [4.69, 9.17) is 5.53 Å². The maximum atomic E-state index is 15.4. The van der Waals surface area contributed by atoms with E-state index in [0.717, 1.165) is 16.6 Å². The van der Waals surface area contributed by atoms with Gasteiger partial charge >= 0.3 is 0 Å². The SMILES string of the molecule is Fc1c(F)c(F)c([B-](c2c(F)c(F)c(F)c(F)c2F)(c2c(F)c(F)c(F)c(F)c2F)c2c(F)c(F)c(F)c(F)c2F)c(F)c1F.[N-]=[N+]=NCc1ccc2ccccc2[n+]1CC(=O)c1ccccc1. The number of carbonyl (C=O) groups is 1. The number of aromatic nitrogens is 1. The number of hydrogen-bond acceptors (Lipinski definition) is 2. The first-order valence-corrected chi connectivity index (χ1v) is 18.2. The molecule has 7 rings (SSSR count). The third kappa shape index (κ3) is 7.86. The molecule has 0 fully saturated rings. The van der Waals surface area contributed by atoms with Gasteiger partial charge in [0, 0.05) is 28.0 Å². The Bertz CT molecular complexity index is 2900. The maximum Gasteiger partial charge on any atom is 0.227 e. The van der Waals surface area contributed by atoms with E-state index in [0.29, 0.717) is 5.56 Å². The molecule has 0 aliphatic carbocycles. The molecular weight excluding hydrogens is 967 g/mol. The molecular formula is C42H15BF20N4O. The van der Waals surface area contributed by atoms with E-state index in [9.17, 15) is 57.5 Å². The molecule has 0 saturated carbocycles. The zero-order valence-electron chi connectivity index (χ0n) is 32.6. The average molecular weight is 982 g/mol. The predicted molar refractivity (Wildman–Crippen MR) is 197 cm³/mol. The van der Waals surface area contributed by atoms with Crippen LogP contribution in [0.2, 0.25) is 0 Å². The molecule has 0 N–H and O–H groups in total. The molecule has 6 aromatic carbocycles. The first-order valence-electron chi connectivity index (χ1n) is 18.2. The van der Waals surface area contributed by atoms with Gasteiger partial charge in [0.1, 0.15) is 59.2 Å². The zero-order valence-corrected chi connectivity index (χ0v) is 32.6. The molecule has 68 heavy (non-hydrogen) atoms. The van der Waals surface area contributed by atoms with E-state index in [1.165, 1.54) is 0 Å². The molecule has 0 aliphatic heterocycles. The minimum absolute atomic E-state index is 0.0224. The second-order valence-electron chi connectivity index (χ2n) is 13.9. The number of fused-ring (bicyclic) bond motifs is 1. The van der Waals surface area contributed by atoms with Gasteiger partial charge in [-0.3, -0.25) is 4.79 Å². The Morgan fingerprint density at radius 2 is 0.735 bits per heavy atom. The summed E-state index contributed by atoms with van der Waals surface area (Å²) in [6.07, 6.45) is -7.22. The van der Waals surface area contributed by atoms with E-state index in [1.807, 2.05) is 59.2 Å². The van der Waals surface area contributed by atoms with E-state index in [1.54, 1.807) is 12.1 Å². The van der Waals surface area contributed by atoms with Crippen molar-refractivity contribution >= 4 is 44.7 Å². The van der Waals surface area contributed by atoms with Gasteiger partial charge in [-0.25, -0.2) is 87.8 Å². The van der Waals surface area contributed by atoms with Gasteiger partial charge in [-0.05, 0) is 17.7 Å². The van der Waals surface area contributed by atoms with Gasteiger partial charge in [0.25, 0.3) is 0 Å². The van der Waals surface area contributed by atoms with Crippen molar-refractivity contribution in [1.82, 2.24) is 0 Å². The Hall–Kier alpha value is -7.63. The van der Waals surface area contributed by atoms with Crippen molar-refractivity contribution < 1.29 is 97.2 Å². The van der Waals surface area contributed by atoms with Crippen LogP contribution in [0.1, 0.15) is 16.1 Å². The van der Waals surface area contributed by atoms with Gasteiger partial charge in [0.2, 0.25) is 17.8 Å². The molecule has 1 heterocycles. The molecule has 0 atom stereocenters. The summed E-state index contributed by atoms with van der Waals surface area (Å²) in [7, 11) is 0. The van der Waals surface area contributed by atoms with Crippen LogP contribution in [-0.4, -0.2) is 11.9 Å². The fraction of sp³-hybridized carbons (Fsp3) is 0.0476. The summed E-state index contributed by atoms with van der Waals surface area (Å²) in [4.78, 5) is 15.4. The lowest BCUT2D eigenvalue weighted by Crippen LogP contribution is -2.81. The summed E-state index contributed by atoms with van der Waals surface area (Å²) in [6.45, 7) is 0.422. The molecule has 7 aromatic rings. The van der Waals surface area contributed by atoms with Gasteiger partial charge in [-0.2, -0.15) is 4.57 Å². The van der Waals surface area contributed by atoms with E-state index in [2.05, 4.69) is 10.0 Å². The lowest BCUT2D eigenvalue weighted by Gasteiger charge is -2.44. The number of para-hydroxylation sites is 1. The monoisotopic (exact) mass is 982 g/mol. The van der Waals surface area contributed by atoms with Crippen LogP contribution in [-0.2, 0) is 13.1 Å². The normalized spacial score (nSPS) is 11.4. The zero-order chi connectivity index (χ0) is 50.4. The number of carbonyl (C=O) groups excluding carboxylic acids is 1. The predicted octanol–water partition coefficient (Wildman–Crippen LogP) is 9.67. The van der Waals surface area contributed by atoms with E-state index in [-0.39, 0.29) is 18.9 Å². The van der Waals surface area contributed by atoms with Crippen LogP contribution in [0, 0.1) is 116 Å². The lowest BCUT2D eigenvalue weighted by atomic mass is 9.12. The van der Waals surface area contributed by atoms with Gasteiger partial charge in [0.05, 0.1) is 0 Å². The summed E-state index contributed by atoms with van der Waals surface area (Å²) < 4.78 is 296. The molecule has 0 spiro atoms. The van der Waals surface area contributed by atoms with Gasteiger partial charge < -0.3 is 0 Å². The highest BCUT2D eigenvalue weighted by atomic mass is 19.2.